The number of carbonyl (C=O) groups is 3. The molecule has 9 heteroatoms. The highest BCUT2D eigenvalue weighted by Gasteiger charge is 2.34. The normalized spacial score (nSPS) is 15.1. The Labute approximate surface area is 250 Å². The van der Waals surface area contributed by atoms with Crippen LogP contribution in [0, 0.1) is 11.8 Å². The van der Waals surface area contributed by atoms with E-state index in [-0.39, 0.29) is 51.7 Å². The molecule has 1 aromatic carbocycles. The molecule has 0 N–H and O–H groups in total. The number of quaternary nitrogens is 2. The third-order valence-electron chi connectivity index (χ3n) is 7.37. The average Bonchev–Trinajstić information content (AvgIpc) is 3.35. The first kappa shape index (κ1) is 34.3. The van der Waals surface area contributed by atoms with Gasteiger partial charge in [0.15, 0.2) is 0 Å². The second-order valence-electron chi connectivity index (χ2n) is 11.5. The minimum Gasteiger partial charge on any atom is -1.00 e. The average molecular weight is 657 g/mol. The van der Waals surface area contributed by atoms with Crippen LogP contribution in [0.2, 0.25) is 0 Å². The number of halogens is 2. The maximum atomic E-state index is 12.5. The molecule has 0 saturated carbocycles. The van der Waals surface area contributed by atoms with Crippen molar-refractivity contribution in [3.8, 4) is 11.8 Å². The number of hydrogen-bond donors (Lipinski definition) is 0. The van der Waals surface area contributed by atoms with Crippen molar-refractivity contribution in [2.24, 2.45) is 0 Å². The third kappa shape index (κ3) is 10.1. The van der Waals surface area contributed by atoms with Crippen molar-refractivity contribution >= 4 is 17.7 Å². The number of rotatable bonds is 13. The summed E-state index contributed by atoms with van der Waals surface area (Å²) < 4.78 is 1.79. The van der Waals surface area contributed by atoms with Crippen molar-refractivity contribution in [3.63, 3.8) is 0 Å². The lowest BCUT2D eigenvalue weighted by atomic mass is 10.1. The molecule has 2 heterocycles. The summed E-state index contributed by atoms with van der Waals surface area (Å²) in [6.07, 6.45) is 7.25. The Kier molecular flexibility index (Phi) is 14.2. The summed E-state index contributed by atoms with van der Waals surface area (Å²) in [5, 5.41) is 0. The highest BCUT2D eigenvalue weighted by Crippen LogP contribution is 2.22. The van der Waals surface area contributed by atoms with Crippen LogP contribution in [-0.4, -0.2) is 110 Å². The predicted molar refractivity (Wildman–Crippen MR) is 142 cm³/mol. The standard InChI is InChI=1S/C29H44N4O3.2BrH/c1-32(2,23-12-9-18-30-19-13-17-27(30)34)21-10-5-6-11-22-33(3,4)24-14-20-31-28(35)25-15-7-8-16-26(25)29(31)36;;/h7-8,15-16H,5-6,10-11,13-14,17-24H2,1-4H3;2*1H/q+2;;/p-2. The van der Waals surface area contributed by atoms with Gasteiger partial charge in [0, 0.05) is 25.9 Å². The van der Waals surface area contributed by atoms with E-state index in [1.165, 1.54) is 30.6 Å². The molecule has 1 aromatic rings. The monoisotopic (exact) mass is 654 g/mol. The van der Waals surface area contributed by atoms with Crippen LogP contribution in [0.4, 0.5) is 0 Å². The van der Waals surface area contributed by atoms with E-state index in [2.05, 4.69) is 40.0 Å². The number of imide groups is 1. The number of hydrogen-bond acceptors (Lipinski definition) is 3. The van der Waals surface area contributed by atoms with Crippen LogP contribution in [0.25, 0.3) is 0 Å². The fourth-order valence-corrected chi connectivity index (χ4v) is 5.02. The molecule has 0 radical (unpaired) electrons. The van der Waals surface area contributed by atoms with E-state index in [9.17, 15) is 14.4 Å². The summed E-state index contributed by atoms with van der Waals surface area (Å²) >= 11 is 0. The molecule has 0 aromatic heterocycles. The summed E-state index contributed by atoms with van der Waals surface area (Å²) in [5.74, 6) is 6.38. The fourth-order valence-electron chi connectivity index (χ4n) is 5.02. The largest absolute Gasteiger partial charge is 1.00 e. The van der Waals surface area contributed by atoms with Crippen LogP contribution in [0.1, 0.15) is 65.7 Å². The van der Waals surface area contributed by atoms with Crippen LogP contribution in [0.3, 0.4) is 0 Å². The predicted octanol–water partition coefficient (Wildman–Crippen LogP) is -2.98. The van der Waals surface area contributed by atoms with E-state index in [4.69, 9.17) is 0 Å². The zero-order valence-electron chi connectivity index (χ0n) is 23.5. The number of amides is 3. The second kappa shape index (κ2) is 15.8. The number of carbonyl (C=O) groups excluding carboxylic acids is 3. The highest BCUT2D eigenvalue weighted by molar-refractivity contribution is 6.21. The molecule has 0 spiro atoms. The first-order chi connectivity index (χ1) is 17.1. The van der Waals surface area contributed by atoms with E-state index in [0.29, 0.717) is 30.6 Å². The van der Waals surface area contributed by atoms with Crippen LogP contribution in [0.15, 0.2) is 24.3 Å². The van der Waals surface area contributed by atoms with E-state index < -0.39 is 0 Å². The second-order valence-corrected chi connectivity index (χ2v) is 11.5. The molecule has 2 aliphatic rings. The molecule has 0 atom stereocenters. The van der Waals surface area contributed by atoms with E-state index >= 15 is 0 Å². The van der Waals surface area contributed by atoms with E-state index in [1.807, 2.05) is 17.0 Å². The molecule has 3 rings (SSSR count). The van der Waals surface area contributed by atoms with Crippen molar-refractivity contribution < 1.29 is 57.3 Å². The number of unbranched alkanes of at least 4 members (excludes halogenated alkanes) is 3. The Hall–Kier alpha value is -1.73. The van der Waals surface area contributed by atoms with Crippen LogP contribution < -0.4 is 34.0 Å². The Balaban J connectivity index is 0.00000361. The first-order valence-corrected chi connectivity index (χ1v) is 13.4. The lowest BCUT2D eigenvalue weighted by Crippen LogP contribution is -3.00. The number of fused-ring (bicyclic) bond motifs is 1. The smallest absolute Gasteiger partial charge is 0.261 e. The van der Waals surface area contributed by atoms with Gasteiger partial charge in [0.05, 0.1) is 65.5 Å². The summed E-state index contributed by atoms with van der Waals surface area (Å²) in [4.78, 5) is 40.0. The minimum atomic E-state index is -0.157. The fraction of sp³-hybridized carbons (Fsp3) is 0.621. The molecule has 7 nitrogen and oxygen atoms in total. The van der Waals surface area contributed by atoms with Gasteiger partial charge in [0.25, 0.3) is 11.8 Å². The molecule has 0 unspecified atom stereocenters. The Bertz CT molecular complexity index is 982. The van der Waals surface area contributed by atoms with Crippen LogP contribution >= 0.6 is 0 Å². The van der Waals surface area contributed by atoms with Gasteiger partial charge in [-0.1, -0.05) is 18.1 Å². The Morgan fingerprint density at radius 1 is 0.763 bits per heavy atom. The van der Waals surface area contributed by atoms with Gasteiger partial charge < -0.3 is 47.8 Å². The van der Waals surface area contributed by atoms with Gasteiger partial charge in [0.1, 0.15) is 6.54 Å². The maximum Gasteiger partial charge on any atom is 0.261 e. The molecule has 1 saturated heterocycles. The molecule has 2 aliphatic heterocycles. The SMILES string of the molecule is C[N+](C)(CC#CCN1CCCC1=O)CCCCCC[N+](C)(C)CCCN1C(=O)c2ccccc2C1=O.[Br-].[Br-]. The van der Waals surface area contributed by atoms with E-state index in [0.717, 1.165) is 54.5 Å². The Morgan fingerprint density at radius 3 is 1.87 bits per heavy atom. The van der Waals surface area contributed by atoms with Gasteiger partial charge in [-0.05, 0) is 50.2 Å². The maximum absolute atomic E-state index is 12.5. The quantitative estimate of drug-likeness (QED) is 0.0987. The summed E-state index contributed by atoms with van der Waals surface area (Å²) in [7, 11) is 8.92. The van der Waals surface area contributed by atoms with Gasteiger partial charge in [-0.15, -0.1) is 0 Å². The molecular formula is C29H44Br2N4O3. The molecule has 3 amide bonds. The molecule has 0 bridgehead atoms. The number of nitrogens with zero attached hydrogens (tertiary/aromatic N) is 4. The molecular weight excluding hydrogens is 612 g/mol. The number of benzene rings is 1. The van der Waals surface area contributed by atoms with Gasteiger partial charge in [-0.2, -0.15) is 0 Å². The number of likely N-dealkylation sites (tertiary alicyclic amines) is 1. The van der Waals surface area contributed by atoms with Gasteiger partial charge in [-0.25, -0.2) is 0 Å². The topological polar surface area (TPSA) is 57.7 Å². The van der Waals surface area contributed by atoms with Crippen molar-refractivity contribution in [1.29, 1.82) is 0 Å². The lowest BCUT2D eigenvalue weighted by Gasteiger charge is -2.30. The third-order valence-corrected chi connectivity index (χ3v) is 7.37. The highest BCUT2D eigenvalue weighted by atomic mass is 79.9. The first-order valence-electron chi connectivity index (χ1n) is 13.4. The molecule has 1 fully saturated rings. The van der Waals surface area contributed by atoms with Crippen LogP contribution in [-0.2, 0) is 4.79 Å². The molecule has 212 valence electrons. The summed E-state index contributed by atoms with van der Waals surface area (Å²) in [6, 6.07) is 7.09. The molecule has 0 aliphatic carbocycles. The van der Waals surface area contributed by atoms with Crippen molar-refractivity contribution in [2.45, 2.75) is 44.9 Å². The lowest BCUT2D eigenvalue weighted by molar-refractivity contribution is -0.890. The zero-order valence-corrected chi connectivity index (χ0v) is 26.7. The van der Waals surface area contributed by atoms with Gasteiger partial charge >= 0.3 is 0 Å². The van der Waals surface area contributed by atoms with Crippen LogP contribution in [0.5, 0.6) is 0 Å². The molecule has 38 heavy (non-hydrogen) atoms. The van der Waals surface area contributed by atoms with Crippen molar-refractivity contribution in [3.05, 3.63) is 35.4 Å². The Morgan fingerprint density at radius 2 is 1.32 bits per heavy atom. The van der Waals surface area contributed by atoms with Crippen molar-refractivity contribution in [1.82, 2.24) is 9.80 Å². The van der Waals surface area contributed by atoms with Gasteiger partial charge in [-0.3, -0.25) is 19.3 Å². The van der Waals surface area contributed by atoms with E-state index in [1.54, 1.807) is 12.1 Å². The van der Waals surface area contributed by atoms with Gasteiger partial charge in [0.2, 0.25) is 5.91 Å². The minimum absolute atomic E-state index is 0. The van der Waals surface area contributed by atoms with Crippen molar-refractivity contribution in [2.75, 3.05) is 74.0 Å². The summed E-state index contributed by atoms with van der Waals surface area (Å²) in [6.45, 7) is 5.88. The summed E-state index contributed by atoms with van der Waals surface area (Å²) in [5.41, 5.74) is 1.06. The zero-order chi connectivity index (χ0) is 26.2.